The third-order valence-electron chi connectivity index (χ3n) is 3.31. The number of ether oxygens (including phenoxy) is 1. The lowest BCUT2D eigenvalue weighted by Crippen LogP contribution is -2.45. The summed E-state index contributed by atoms with van der Waals surface area (Å²) in [5, 5.41) is 11.6. The number of carboxylic acids is 1. The lowest BCUT2D eigenvalue weighted by molar-refractivity contribution is -0.149. The molecule has 102 valence electrons. The number of aliphatic carboxylic acids is 1. The first-order valence-corrected chi connectivity index (χ1v) is 5.88. The zero-order valence-corrected chi connectivity index (χ0v) is 10.4. The second kappa shape index (κ2) is 5.26. The zero-order valence-electron chi connectivity index (χ0n) is 10.4. The van der Waals surface area contributed by atoms with Crippen LogP contribution in [-0.4, -0.2) is 30.6 Å². The molecule has 19 heavy (non-hydrogen) atoms. The van der Waals surface area contributed by atoms with Gasteiger partial charge < -0.3 is 15.2 Å². The van der Waals surface area contributed by atoms with Crippen LogP contribution in [0.15, 0.2) is 18.2 Å². The van der Waals surface area contributed by atoms with Crippen molar-refractivity contribution in [3.05, 3.63) is 29.6 Å². The molecule has 1 aromatic carbocycles. The number of methoxy groups -OCH3 is 1. The fraction of sp³-hybridized carbons (Fsp3) is 0.385. The number of nitrogens with one attached hydrogen (secondary N) is 1. The van der Waals surface area contributed by atoms with Gasteiger partial charge in [0.15, 0.2) is 0 Å². The van der Waals surface area contributed by atoms with E-state index < -0.39 is 29.5 Å². The van der Waals surface area contributed by atoms with E-state index in [4.69, 9.17) is 9.84 Å². The van der Waals surface area contributed by atoms with Gasteiger partial charge in [0.05, 0.1) is 7.11 Å². The molecule has 6 heteroatoms. The largest absolute Gasteiger partial charge is 0.497 e. The molecule has 2 unspecified atom stereocenters. The van der Waals surface area contributed by atoms with Gasteiger partial charge in [0.1, 0.15) is 17.5 Å². The summed E-state index contributed by atoms with van der Waals surface area (Å²) < 4.78 is 18.9. The van der Waals surface area contributed by atoms with E-state index in [1.165, 1.54) is 19.2 Å². The molecular weight excluding hydrogens is 253 g/mol. The van der Waals surface area contributed by atoms with Crippen molar-refractivity contribution in [3.8, 4) is 5.75 Å². The highest BCUT2D eigenvalue weighted by Crippen LogP contribution is 2.34. The van der Waals surface area contributed by atoms with Crippen LogP contribution < -0.4 is 10.1 Å². The molecule has 0 aromatic heterocycles. The van der Waals surface area contributed by atoms with Gasteiger partial charge in [0.2, 0.25) is 5.91 Å². The number of hydrogen-bond acceptors (Lipinski definition) is 3. The van der Waals surface area contributed by atoms with Crippen molar-refractivity contribution < 1.29 is 23.8 Å². The second-order valence-electron chi connectivity index (χ2n) is 4.39. The van der Waals surface area contributed by atoms with Crippen LogP contribution in [0.3, 0.4) is 0 Å². The summed E-state index contributed by atoms with van der Waals surface area (Å²) in [5.74, 6) is -3.91. The van der Waals surface area contributed by atoms with Gasteiger partial charge in [0.25, 0.3) is 0 Å². The summed E-state index contributed by atoms with van der Waals surface area (Å²) in [6.45, 7) is 0.346. The van der Waals surface area contributed by atoms with Gasteiger partial charge in [-0.05, 0) is 18.1 Å². The van der Waals surface area contributed by atoms with E-state index in [2.05, 4.69) is 5.32 Å². The number of carbonyl (C=O) groups excluding carboxylic acids is 1. The minimum Gasteiger partial charge on any atom is -0.497 e. The van der Waals surface area contributed by atoms with E-state index in [0.717, 1.165) is 0 Å². The molecular formula is C13H14FNO4. The molecule has 1 fully saturated rings. The van der Waals surface area contributed by atoms with Gasteiger partial charge in [-0.2, -0.15) is 0 Å². The lowest BCUT2D eigenvalue weighted by Gasteiger charge is -2.28. The summed E-state index contributed by atoms with van der Waals surface area (Å²) in [7, 11) is 1.42. The first-order chi connectivity index (χ1) is 9.04. The molecule has 0 spiro atoms. The maximum atomic E-state index is 14.0. The Morgan fingerprint density at radius 2 is 2.26 bits per heavy atom. The first kappa shape index (κ1) is 13.3. The van der Waals surface area contributed by atoms with E-state index in [1.54, 1.807) is 6.07 Å². The number of amides is 1. The highest BCUT2D eigenvalue weighted by Gasteiger charge is 2.39. The molecule has 2 rings (SSSR count). The van der Waals surface area contributed by atoms with Crippen LogP contribution in [0.4, 0.5) is 4.39 Å². The van der Waals surface area contributed by atoms with Gasteiger partial charge in [0, 0.05) is 18.5 Å². The zero-order chi connectivity index (χ0) is 14.0. The Morgan fingerprint density at radius 3 is 2.84 bits per heavy atom. The van der Waals surface area contributed by atoms with Crippen molar-refractivity contribution in [2.45, 2.75) is 12.3 Å². The van der Waals surface area contributed by atoms with E-state index in [1.807, 2.05) is 0 Å². The summed E-state index contributed by atoms with van der Waals surface area (Å²) in [6.07, 6.45) is 0.395. The Balaban J connectivity index is 2.38. The number of piperidine rings is 1. The summed E-state index contributed by atoms with van der Waals surface area (Å²) >= 11 is 0. The second-order valence-corrected chi connectivity index (χ2v) is 4.39. The molecule has 2 N–H and O–H groups in total. The molecule has 5 nitrogen and oxygen atoms in total. The van der Waals surface area contributed by atoms with E-state index in [9.17, 15) is 14.0 Å². The molecule has 1 aliphatic rings. The Labute approximate surface area is 109 Å². The highest BCUT2D eigenvalue weighted by molar-refractivity contribution is 5.98. The molecule has 0 aliphatic carbocycles. The van der Waals surface area contributed by atoms with Gasteiger partial charge in [-0.15, -0.1) is 0 Å². The monoisotopic (exact) mass is 267 g/mol. The Morgan fingerprint density at radius 1 is 1.53 bits per heavy atom. The van der Waals surface area contributed by atoms with Crippen LogP contribution in [0.25, 0.3) is 0 Å². The smallest absolute Gasteiger partial charge is 0.316 e. The highest BCUT2D eigenvalue weighted by atomic mass is 19.1. The molecule has 0 radical (unpaired) electrons. The number of hydrogen-bond donors (Lipinski definition) is 2. The van der Waals surface area contributed by atoms with Crippen LogP contribution in [0.5, 0.6) is 5.75 Å². The first-order valence-electron chi connectivity index (χ1n) is 5.88. The van der Waals surface area contributed by atoms with Crippen LogP contribution in [0, 0.1) is 11.7 Å². The predicted molar refractivity (Wildman–Crippen MR) is 64.4 cm³/mol. The quantitative estimate of drug-likeness (QED) is 0.805. The minimum absolute atomic E-state index is 0.239. The number of benzene rings is 1. The van der Waals surface area contributed by atoms with Crippen LogP contribution in [0.2, 0.25) is 0 Å². The van der Waals surface area contributed by atoms with Crippen molar-refractivity contribution in [2.24, 2.45) is 5.92 Å². The van der Waals surface area contributed by atoms with Crippen molar-refractivity contribution >= 4 is 11.9 Å². The number of halogens is 1. The van der Waals surface area contributed by atoms with Crippen LogP contribution >= 0.6 is 0 Å². The Hall–Kier alpha value is -2.11. The average molecular weight is 267 g/mol. The van der Waals surface area contributed by atoms with Crippen LogP contribution in [-0.2, 0) is 9.59 Å². The standard InChI is InChI=1S/C13H14FNO4/c1-19-7-2-3-8(10(14)6-7)9-4-5-15-12(16)11(9)13(17)18/h2-3,6,9,11H,4-5H2,1H3,(H,15,16)(H,17,18). The predicted octanol–water partition coefficient (Wildman–Crippen LogP) is 1.14. The number of carboxylic acid groups (broad SMARTS) is 1. The molecule has 0 bridgehead atoms. The SMILES string of the molecule is COc1ccc(C2CCNC(=O)C2C(=O)O)c(F)c1. The fourth-order valence-corrected chi connectivity index (χ4v) is 2.37. The summed E-state index contributed by atoms with van der Waals surface area (Å²) in [5.41, 5.74) is 0.239. The lowest BCUT2D eigenvalue weighted by atomic mass is 9.80. The molecule has 1 amide bonds. The number of carbonyl (C=O) groups is 2. The molecule has 1 aromatic rings. The Kier molecular flexibility index (Phi) is 3.69. The fourth-order valence-electron chi connectivity index (χ4n) is 2.37. The topological polar surface area (TPSA) is 75.6 Å². The van der Waals surface area contributed by atoms with Gasteiger partial charge >= 0.3 is 5.97 Å². The van der Waals surface area contributed by atoms with Crippen LogP contribution in [0.1, 0.15) is 17.9 Å². The third-order valence-corrected chi connectivity index (χ3v) is 3.31. The van der Waals surface area contributed by atoms with E-state index in [0.29, 0.717) is 18.7 Å². The maximum Gasteiger partial charge on any atom is 0.316 e. The van der Waals surface area contributed by atoms with Gasteiger partial charge in [-0.25, -0.2) is 4.39 Å². The summed E-state index contributed by atoms with van der Waals surface area (Å²) in [6, 6.07) is 4.23. The minimum atomic E-state index is -1.25. The molecule has 1 aliphatic heterocycles. The molecule has 1 heterocycles. The van der Waals surface area contributed by atoms with Crippen molar-refractivity contribution in [2.75, 3.05) is 13.7 Å². The van der Waals surface area contributed by atoms with E-state index >= 15 is 0 Å². The molecule has 1 saturated heterocycles. The molecule has 0 saturated carbocycles. The number of rotatable bonds is 3. The summed E-state index contributed by atoms with van der Waals surface area (Å²) in [4.78, 5) is 22.8. The maximum absolute atomic E-state index is 14.0. The van der Waals surface area contributed by atoms with Crippen molar-refractivity contribution in [3.63, 3.8) is 0 Å². The average Bonchev–Trinajstić information content (AvgIpc) is 2.37. The molecule has 2 atom stereocenters. The van der Waals surface area contributed by atoms with Gasteiger partial charge in [-0.3, -0.25) is 9.59 Å². The van der Waals surface area contributed by atoms with Gasteiger partial charge in [-0.1, -0.05) is 6.07 Å². The Bertz CT molecular complexity index is 517. The normalized spacial score (nSPS) is 22.7. The van der Waals surface area contributed by atoms with Crippen molar-refractivity contribution in [1.29, 1.82) is 0 Å². The van der Waals surface area contributed by atoms with Crippen molar-refractivity contribution in [1.82, 2.24) is 5.32 Å². The van der Waals surface area contributed by atoms with E-state index in [-0.39, 0.29) is 5.56 Å². The third kappa shape index (κ3) is 2.52.